The van der Waals surface area contributed by atoms with Gasteiger partial charge in [-0.15, -0.1) is 0 Å². The van der Waals surface area contributed by atoms with E-state index in [0.29, 0.717) is 29.8 Å². The molecule has 1 aliphatic rings. The van der Waals surface area contributed by atoms with Crippen molar-refractivity contribution in [2.24, 2.45) is 0 Å². The molecule has 0 radical (unpaired) electrons. The van der Waals surface area contributed by atoms with Crippen molar-refractivity contribution in [3.05, 3.63) is 78.1 Å². The third-order valence-electron chi connectivity index (χ3n) is 4.67. The van der Waals surface area contributed by atoms with Gasteiger partial charge < -0.3 is 10.0 Å². The number of nitrogens with zero attached hydrogens (tertiary/aromatic N) is 3. The van der Waals surface area contributed by atoms with Crippen LogP contribution in [0.4, 0.5) is 5.69 Å². The number of aliphatic carboxylic acids is 1. The van der Waals surface area contributed by atoms with E-state index in [0.717, 1.165) is 5.69 Å². The first kappa shape index (κ1) is 16.1. The molecule has 1 aromatic heterocycles. The number of carboxylic acid groups (broad SMARTS) is 1. The SMILES string of the molecule is O=C(O)C1CCN(C(=O)c2ccc(-n3cccn3)cc2)c2ccccc21. The zero-order valence-electron chi connectivity index (χ0n) is 13.9. The molecule has 2 heterocycles. The van der Waals surface area contributed by atoms with Crippen molar-refractivity contribution in [2.45, 2.75) is 12.3 Å². The summed E-state index contributed by atoms with van der Waals surface area (Å²) in [5.41, 5.74) is 2.79. The Morgan fingerprint density at radius 2 is 1.81 bits per heavy atom. The van der Waals surface area contributed by atoms with E-state index < -0.39 is 11.9 Å². The molecule has 2 aromatic carbocycles. The molecule has 0 spiro atoms. The first-order valence-electron chi connectivity index (χ1n) is 8.39. The lowest BCUT2D eigenvalue weighted by atomic mass is 9.89. The lowest BCUT2D eigenvalue weighted by molar-refractivity contribution is -0.139. The number of amides is 1. The minimum Gasteiger partial charge on any atom is -0.481 e. The fourth-order valence-electron chi connectivity index (χ4n) is 3.36. The highest BCUT2D eigenvalue weighted by molar-refractivity contribution is 6.07. The number of rotatable bonds is 3. The Labute approximate surface area is 150 Å². The summed E-state index contributed by atoms with van der Waals surface area (Å²) in [6.07, 6.45) is 3.94. The lowest BCUT2D eigenvalue weighted by Crippen LogP contribution is -2.38. The number of aromatic nitrogens is 2. The van der Waals surface area contributed by atoms with E-state index in [-0.39, 0.29) is 5.91 Å². The highest BCUT2D eigenvalue weighted by Crippen LogP contribution is 2.36. The van der Waals surface area contributed by atoms with Gasteiger partial charge in [0.25, 0.3) is 5.91 Å². The van der Waals surface area contributed by atoms with Crippen molar-refractivity contribution in [3.8, 4) is 5.69 Å². The number of fused-ring (bicyclic) bond motifs is 1. The highest BCUT2D eigenvalue weighted by atomic mass is 16.4. The van der Waals surface area contributed by atoms with Crippen LogP contribution in [0.2, 0.25) is 0 Å². The molecule has 1 unspecified atom stereocenters. The molecule has 1 aliphatic heterocycles. The summed E-state index contributed by atoms with van der Waals surface area (Å²) >= 11 is 0. The van der Waals surface area contributed by atoms with Gasteiger partial charge >= 0.3 is 5.97 Å². The van der Waals surface area contributed by atoms with Gasteiger partial charge in [0.15, 0.2) is 0 Å². The largest absolute Gasteiger partial charge is 0.481 e. The monoisotopic (exact) mass is 347 g/mol. The van der Waals surface area contributed by atoms with Crippen LogP contribution in [0.15, 0.2) is 67.0 Å². The highest BCUT2D eigenvalue weighted by Gasteiger charge is 2.32. The molecule has 1 amide bonds. The van der Waals surface area contributed by atoms with Gasteiger partial charge in [0.05, 0.1) is 11.6 Å². The van der Waals surface area contributed by atoms with Gasteiger partial charge in [0.1, 0.15) is 0 Å². The maximum Gasteiger partial charge on any atom is 0.311 e. The second-order valence-corrected chi connectivity index (χ2v) is 6.19. The second kappa shape index (κ2) is 6.48. The van der Waals surface area contributed by atoms with Gasteiger partial charge in [0, 0.05) is 30.2 Å². The molecule has 1 atom stereocenters. The van der Waals surface area contributed by atoms with Crippen molar-refractivity contribution in [3.63, 3.8) is 0 Å². The Bertz CT molecular complexity index is 949. The molecule has 0 bridgehead atoms. The average molecular weight is 347 g/mol. The summed E-state index contributed by atoms with van der Waals surface area (Å²) in [5.74, 6) is -1.56. The van der Waals surface area contributed by atoms with Crippen molar-refractivity contribution >= 4 is 17.6 Å². The van der Waals surface area contributed by atoms with E-state index in [9.17, 15) is 14.7 Å². The third-order valence-corrected chi connectivity index (χ3v) is 4.67. The number of carbonyl (C=O) groups is 2. The zero-order chi connectivity index (χ0) is 18.1. The molecule has 0 aliphatic carbocycles. The van der Waals surface area contributed by atoms with E-state index in [1.165, 1.54) is 0 Å². The standard InChI is InChI=1S/C20H17N3O3/c24-19(14-6-8-15(9-7-14)23-12-3-11-21-23)22-13-10-17(20(25)26)16-4-1-2-5-18(16)22/h1-9,11-12,17H,10,13H2,(H,25,26). The van der Waals surface area contributed by atoms with Crippen LogP contribution < -0.4 is 4.90 Å². The maximum atomic E-state index is 13.0. The topological polar surface area (TPSA) is 75.4 Å². The Morgan fingerprint density at radius 3 is 2.50 bits per heavy atom. The Morgan fingerprint density at radius 1 is 1.04 bits per heavy atom. The molecule has 26 heavy (non-hydrogen) atoms. The van der Waals surface area contributed by atoms with E-state index in [2.05, 4.69) is 5.10 Å². The van der Waals surface area contributed by atoms with Crippen molar-refractivity contribution < 1.29 is 14.7 Å². The number of carboxylic acids is 1. The minimum absolute atomic E-state index is 0.131. The van der Waals surface area contributed by atoms with E-state index in [4.69, 9.17) is 0 Å². The maximum absolute atomic E-state index is 13.0. The lowest BCUT2D eigenvalue weighted by Gasteiger charge is -2.32. The van der Waals surface area contributed by atoms with Crippen molar-refractivity contribution in [1.29, 1.82) is 0 Å². The summed E-state index contributed by atoms with van der Waals surface area (Å²) in [4.78, 5) is 26.2. The molecule has 6 heteroatoms. The molecule has 4 rings (SSSR count). The van der Waals surface area contributed by atoms with Crippen LogP contribution in [-0.4, -0.2) is 33.3 Å². The fraction of sp³-hybridized carbons (Fsp3) is 0.150. The molecule has 0 saturated carbocycles. The predicted octanol–water partition coefficient (Wildman–Crippen LogP) is 3.09. The van der Waals surface area contributed by atoms with Gasteiger partial charge in [0.2, 0.25) is 0 Å². The van der Waals surface area contributed by atoms with E-state index in [1.54, 1.807) is 40.0 Å². The first-order chi connectivity index (χ1) is 12.6. The van der Waals surface area contributed by atoms with Crippen molar-refractivity contribution in [1.82, 2.24) is 9.78 Å². The van der Waals surface area contributed by atoms with Crippen molar-refractivity contribution in [2.75, 3.05) is 11.4 Å². The zero-order valence-corrected chi connectivity index (χ0v) is 13.9. The van der Waals surface area contributed by atoms with Gasteiger partial charge in [-0.3, -0.25) is 9.59 Å². The molecule has 0 saturated heterocycles. The fourth-order valence-corrected chi connectivity index (χ4v) is 3.36. The van der Waals surface area contributed by atoms with Crippen LogP contribution in [0.3, 0.4) is 0 Å². The van der Waals surface area contributed by atoms with Crippen LogP contribution in [0.25, 0.3) is 5.69 Å². The molecule has 1 N–H and O–H groups in total. The summed E-state index contributed by atoms with van der Waals surface area (Å²) in [6.45, 7) is 0.383. The Hall–Kier alpha value is -3.41. The van der Waals surface area contributed by atoms with Crippen LogP contribution in [0.5, 0.6) is 0 Å². The quantitative estimate of drug-likeness (QED) is 0.790. The number of hydrogen-bond acceptors (Lipinski definition) is 3. The Kier molecular flexibility index (Phi) is 4.01. The summed E-state index contributed by atoms with van der Waals surface area (Å²) in [5, 5.41) is 13.6. The number of benzene rings is 2. The van der Waals surface area contributed by atoms with Gasteiger partial charge in [-0.05, 0) is 48.4 Å². The summed E-state index contributed by atoms with van der Waals surface area (Å²) < 4.78 is 1.72. The van der Waals surface area contributed by atoms with Gasteiger partial charge in [-0.25, -0.2) is 4.68 Å². The third kappa shape index (κ3) is 2.75. The van der Waals surface area contributed by atoms with E-state index >= 15 is 0 Å². The second-order valence-electron chi connectivity index (χ2n) is 6.19. The summed E-state index contributed by atoms with van der Waals surface area (Å²) in [6, 6.07) is 16.3. The predicted molar refractivity (Wildman–Crippen MR) is 96.7 cm³/mol. The Balaban J connectivity index is 1.64. The summed E-state index contributed by atoms with van der Waals surface area (Å²) in [7, 11) is 0. The van der Waals surface area contributed by atoms with Gasteiger partial charge in [-0.2, -0.15) is 5.10 Å². The number of hydrogen-bond donors (Lipinski definition) is 1. The first-order valence-corrected chi connectivity index (χ1v) is 8.39. The minimum atomic E-state index is -0.854. The van der Waals surface area contributed by atoms with Crippen LogP contribution in [-0.2, 0) is 4.79 Å². The van der Waals surface area contributed by atoms with Crippen LogP contribution >= 0.6 is 0 Å². The number of para-hydroxylation sites is 1. The average Bonchev–Trinajstić information content (AvgIpc) is 3.21. The molecular formula is C20H17N3O3. The molecule has 3 aromatic rings. The smallest absolute Gasteiger partial charge is 0.311 e. The van der Waals surface area contributed by atoms with E-state index in [1.807, 2.05) is 36.5 Å². The van der Waals surface area contributed by atoms with Crippen LogP contribution in [0.1, 0.15) is 28.3 Å². The normalized spacial score (nSPS) is 16.2. The number of anilines is 1. The van der Waals surface area contributed by atoms with Gasteiger partial charge in [-0.1, -0.05) is 18.2 Å². The molecule has 130 valence electrons. The number of carbonyl (C=O) groups excluding carboxylic acids is 1. The molecular weight excluding hydrogens is 330 g/mol. The molecule has 0 fully saturated rings. The van der Waals surface area contributed by atoms with Crippen LogP contribution in [0, 0.1) is 0 Å². The molecule has 6 nitrogen and oxygen atoms in total.